The van der Waals surface area contributed by atoms with Crippen molar-refractivity contribution < 1.29 is 9.47 Å². The lowest BCUT2D eigenvalue weighted by molar-refractivity contribution is 0.0214. The number of hydrogen-bond donors (Lipinski definition) is 2. The fraction of sp³-hybridized carbons (Fsp3) is 0.520. The Morgan fingerprint density at radius 1 is 1.07 bits per heavy atom. The standard InChI is InChI=1S/C25H35N3O2/c1-16-8-10-22(29-4)24(30-21-11-9-18(26)15-20(21)27)23(16)25-12-6-5-7-19(25)17(2)28(3)14-13-25/h8-11,15,17,19H,5-7,12-14,26-27H2,1-4H3/t17?,19-,25?/m0/s1. The third-order valence-electron chi connectivity index (χ3n) is 7.58. The number of aryl methyl sites for hydroxylation is 1. The van der Waals surface area contributed by atoms with Gasteiger partial charge in [0.2, 0.25) is 0 Å². The van der Waals surface area contributed by atoms with E-state index in [4.69, 9.17) is 20.9 Å². The van der Waals surface area contributed by atoms with Gasteiger partial charge in [-0.25, -0.2) is 0 Å². The summed E-state index contributed by atoms with van der Waals surface area (Å²) in [5, 5.41) is 0. The van der Waals surface area contributed by atoms with Crippen LogP contribution in [-0.4, -0.2) is 31.6 Å². The van der Waals surface area contributed by atoms with Crippen molar-refractivity contribution in [3.8, 4) is 17.2 Å². The molecule has 5 heteroatoms. The molecule has 1 heterocycles. The predicted molar refractivity (Wildman–Crippen MR) is 123 cm³/mol. The minimum atomic E-state index is 0.0979. The van der Waals surface area contributed by atoms with Gasteiger partial charge >= 0.3 is 0 Å². The van der Waals surface area contributed by atoms with Crippen LogP contribution < -0.4 is 20.9 Å². The summed E-state index contributed by atoms with van der Waals surface area (Å²) in [6.07, 6.45) is 6.14. The average Bonchev–Trinajstić information content (AvgIpc) is 2.73. The molecule has 30 heavy (non-hydrogen) atoms. The second-order valence-electron chi connectivity index (χ2n) is 9.17. The first-order chi connectivity index (χ1) is 14.4. The van der Waals surface area contributed by atoms with E-state index in [0.29, 0.717) is 29.1 Å². The fourth-order valence-electron chi connectivity index (χ4n) is 5.91. The molecule has 4 rings (SSSR count). The molecule has 4 N–H and O–H groups in total. The van der Waals surface area contributed by atoms with Crippen LogP contribution in [0.4, 0.5) is 11.4 Å². The SMILES string of the molecule is COc1ccc(C)c(C23CCCC[C@H]2C(C)N(C)CC3)c1Oc1ccc(N)cc1N. The Balaban J connectivity index is 1.88. The van der Waals surface area contributed by atoms with Crippen molar-refractivity contribution in [2.75, 3.05) is 32.2 Å². The van der Waals surface area contributed by atoms with Crippen molar-refractivity contribution in [1.82, 2.24) is 4.90 Å². The summed E-state index contributed by atoms with van der Waals surface area (Å²) in [6.45, 7) is 5.69. The molecule has 2 aliphatic rings. The van der Waals surface area contributed by atoms with E-state index in [1.807, 2.05) is 18.2 Å². The molecular formula is C25H35N3O2. The van der Waals surface area contributed by atoms with Gasteiger partial charge in [-0.1, -0.05) is 18.9 Å². The lowest BCUT2D eigenvalue weighted by Crippen LogP contribution is -2.55. The van der Waals surface area contributed by atoms with Gasteiger partial charge in [-0.05, 0) is 82.4 Å². The van der Waals surface area contributed by atoms with Gasteiger partial charge in [0.15, 0.2) is 17.2 Å². The highest BCUT2D eigenvalue weighted by Crippen LogP contribution is 2.56. The molecule has 1 aliphatic heterocycles. The Labute approximate surface area is 180 Å². The van der Waals surface area contributed by atoms with Gasteiger partial charge in [0.05, 0.1) is 12.8 Å². The van der Waals surface area contributed by atoms with E-state index in [1.54, 1.807) is 13.2 Å². The number of benzene rings is 2. The molecule has 0 amide bonds. The highest BCUT2D eigenvalue weighted by molar-refractivity contribution is 5.64. The topological polar surface area (TPSA) is 73.7 Å². The molecule has 0 bridgehead atoms. The van der Waals surface area contributed by atoms with Crippen LogP contribution in [0.25, 0.3) is 0 Å². The molecule has 3 atom stereocenters. The molecule has 1 saturated heterocycles. The van der Waals surface area contributed by atoms with Crippen molar-refractivity contribution in [2.24, 2.45) is 5.92 Å². The van der Waals surface area contributed by atoms with Gasteiger partial charge in [-0.2, -0.15) is 0 Å². The lowest BCUT2D eigenvalue weighted by Gasteiger charge is -2.54. The highest BCUT2D eigenvalue weighted by atomic mass is 16.5. The van der Waals surface area contributed by atoms with Crippen LogP contribution in [0, 0.1) is 12.8 Å². The third-order valence-corrected chi connectivity index (χ3v) is 7.58. The number of ether oxygens (including phenoxy) is 2. The Bertz CT molecular complexity index is 929. The van der Waals surface area contributed by atoms with E-state index in [9.17, 15) is 0 Å². The highest BCUT2D eigenvalue weighted by Gasteiger charge is 2.50. The molecule has 2 aromatic carbocycles. The summed E-state index contributed by atoms with van der Waals surface area (Å²) < 4.78 is 12.3. The van der Waals surface area contributed by atoms with Crippen LogP contribution in [0.2, 0.25) is 0 Å². The largest absolute Gasteiger partial charge is 0.493 e. The summed E-state index contributed by atoms with van der Waals surface area (Å²) in [5.74, 6) is 2.80. The maximum absolute atomic E-state index is 6.54. The maximum atomic E-state index is 6.54. The number of nitrogen functional groups attached to an aromatic ring is 2. The summed E-state index contributed by atoms with van der Waals surface area (Å²) in [4.78, 5) is 2.52. The molecule has 5 nitrogen and oxygen atoms in total. The van der Waals surface area contributed by atoms with Crippen LogP contribution in [0.5, 0.6) is 17.2 Å². The molecule has 2 unspecified atom stereocenters. The average molecular weight is 410 g/mol. The van der Waals surface area contributed by atoms with Gasteiger partial charge in [0.1, 0.15) is 0 Å². The van der Waals surface area contributed by atoms with Crippen LogP contribution in [0.15, 0.2) is 30.3 Å². The van der Waals surface area contributed by atoms with Crippen LogP contribution in [0.1, 0.15) is 50.2 Å². The zero-order chi connectivity index (χ0) is 21.5. The molecule has 162 valence electrons. The third kappa shape index (κ3) is 3.39. The lowest BCUT2D eigenvalue weighted by atomic mass is 9.56. The Hall–Kier alpha value is -2.40. The summed E-state index contributed by atoms with van der Waals surface area (Å²) in [7, 11) is 3.97. The fourth-order valence-corrected chi connectivity index (χ4v) is 5.91. The maximum Gasteiger partial charge on any atom is 0.173 e. The normalized spacial score (nSPS) is 26.8. The smallest absolute Gasteiger partial charge is 0.173 e. The van der Waals surface area contributed by atoms with Gasteiger partial charge in [0, 0.05) is 22.7 Å². The number of nitrogens with two attached hydrogens (primary N) is 2. The van der Waals surface area contributed by atoms with E-state index in [-0.39, 0.29) is 5.41 Å². The van der Waals surface area contributed by atoms with E-state index in [2.05, 4.69) is 31.9 Å². The number of anilines is 2. The summed E-state index contributed by atoms with van der Waals surface area (Å²) in [6, 6.07) is 10.2. The number of fused-ring (bicyclic) bond motifs is 1. The van der Waals surface area contributed by atoms with E-state index in [0.717, 1.165) is 24.5 Å². The van der Waals surface area contributed by atoms with Crippen molar-refractivity contribution in [3.63, 3.8) is 0 Å². The molecule has 0 radical (unpaired) electrons. The summed E-state index contributed by atoms with van der Waals surface area (Å²) in [5.41, 5.74) is 16.0. The second-order valence-corrected chi connectivity index (χ2v) is 9.17. The van der Waals surface area contributed by atoms with Crippen LogP contribution >= 0.6 is 0 Å². The number of hydrogen-bond acceptors (Lipinski definition) is 5. The second kappa shape index (κ2) is 8.03. The van der Waals surface area contributed by atoms with E-state index < -0.39 is 0 Å². The Morgan fingerprint density at radius 3 is 2.57 bits per heavy atom. The quantitative estimate of drug-likeness (QED) is 0.686. The van der Waals surface area contributed by atoms with Crippen molar-refractivity contribution in [1.29, 1.82) is 0 Å². The Morgan fingerprint density at radius 2 is 1.83 bits per heavy atom. The van der Waals surface area contributed by atoms with Crippen LogP contribution in [0.3, 0.4) is 0 Å². The first-order valence-corrected chi connectivity index (χ1v) is 11.1. The minimum Gasteiger partial charge on any atom is -0.493 e. The van der Waals surface area contributed by atoms with Gasteiger partial charge in [-0.3, -0.25) is 0 Å². The first-order valence-electron chi connectivity index (χ1n) is 11.1. The van der Waals surface area contributed by atoms with Gasteiger partial charge in [0.25, 0.3) is 0 Å². The molecule has 1 saturated carbocycles. The van der Waals surface area contributed by atoms with Crippen molar-refractivity contribution in [2.45, 2.75) is 57.4 Å². The monoisotopic (exact) mass is 409 g/mol. The zero-order valence-electron chi connectivity index (χ0n) is 18.7. The number of piperidine rings is 1. The predicted octanol–water partition coefficient (Wildman–Crippen LogP) is 5.11. The molecule has 0 aromatic heterocycles. The number of rotatable bonds is 4. The molecular weight excluding hydrogens is 374 g/mol. The van der Waals surface area contributed by atoms with Crippen LogP contribution in [-0.2, 0) is 5.41 Å². The summed E-state index contributed by atoms with van der Waals surface area (Å²) >= 11 is 0. The molecule has 0 spiro atoms. The van der Waals surface area contributed by atoms with Crippen molar-refractivity contribution in [3.05, 3.63) is 41.5 Å². The zero-order valence-corrected chi connectivity index (χ0v) is 18.7. The molecule has 2 fully saturated rings. The number of methoxy groups -OCH3 is 1. The first kappa shape index (κ1) is 20.9. The molecule has 2 aromatic rings. The van der Waals surface area contributed by atoms with Crippen molar-refractivity contribution >= 4 is 11.4 Å². The number of nitrogens with zero attached hydrogens (tertiary/aromatic N) is 1. The van der Waals surface area contributed by atoms with E-state index in [1.165, 1.54) is 36.8 Å². The van der Waals surface area contributed by atoms with Gasteiger partial charge in [-0.15, -0.1) is 0 Å². The number of likely N-dealkylation sites (tertiary alicyclic amines) is 1. The van der Waals surface area contributed by atoms with Gasteiger partial charge < -0.3 is 25.8 Å². The molecule has 1 aliphatic carbocycles. The Kier molecular flexibility index (Phi) is 5.58. The van der Waals surface area contributed by atoms with E-state index >= 15 is 0 Å². The minimum absolute atomic E-state index is 0.0979.